The number of likely N-dealkylation sites (tertiary alicyclic amines) is 1. The van der Waals surface area contributed by atoms with Crippen molar-refractivity contribution in [2.24, 2.45) is 0 Å². The third-order valence-electron chi connectivity index (χ3n) is 4.83. The Labute approximate surface area is 155 Å². The molecule has 1 atom stereocenters. The molecular weight excluding hydrogens is 332 g/mol. The second kappa shape index (κ2) is 9.23. The van der Waals surface area contributed by atoms with Gasteiger partial charge in [-0.1, -0.05) is 42.8 Å². The van der Waals surface area contributed by atoms with Gasteiger partial charge in [0.2, 0.25) is 0 Å². The van der Waals surface area contributed by atoms with E-state index in [9.17, 15) is 0 Å². The Bertz CT molecular complexity index is 659. The van der Waals surface area contributed by atoms with Gasteiger partial charge in [0.15, 0.2) is 0 Å². The van der Waals surface area contributed by atoms with Crippen molar-refractivity contribution in [3.05, 3.63) is 64.7 Å². The summed E-state index contributed by atoms with van der Waals surface area (Å²) in [5, 5.41) is 4.35. The molecule has 0 radical (unpaired) electrons. The minimum absolute atomic E-state index is 0.557. The number of hydrogen-bond donors (Lipinski definition) is 1. The minimum atomic E-state index is 0.557. The normalized spacial score (nSPS) is 17.8. The molecule has 0 bridgehead atoms. The Balaban J connectivity index is 1.47. The molecule has 1 fully saturated rings. The molecule has 0 aliphatic carbocycles. The van der Waals surface area contributed by atoms with E-state index in [0.717, 1.165) is 36.0 Å². The first-order chi connectivity index (χ1) is 12.2. The maximum absolute atomic E-state index is 5.91. The van der Waals surface area contributed by atoms with Crippen molar-refractivity contribution in [1.82, 2.24) is 10.2 Å². The minimum Gasteiger partial charge on any atom is -0.489 e. The molecule has 4 heteroatoms. The van der Waals surface area contributed by atoms with Crippen molar-refractivity contribution < 1.29 is 4.74 Å². The molecule has 0 amide bonds. The summed E-state index contributed by atoms with van der Waals surface area (Å²) < 4.78 is 5.91. The summed E-state index contributed by atoms with van der Waals surface area (Å²) in [7, 11) is 0. The van der Waals surface area contributed by atoms with Gasteiger partial charge in [-0.3, -0.25) is 4.90 Å². The number of nitrogens with one attached hydrogen (secondary N) is 1. The molecule has 0 saturated carbocycles. The van der Waals surface area contributed by atoms with Crippen LogP contribution in [0.5, 0.6) is 5.75 Å². The van der Waals surface area contributed by atoms with Gasteiger partial charge in [-0.25, -0.2) is 0 Å². The summed E-state index contributed by atoms with van der Waals surface area (Å²) in [6.07, 6.45) is 2.64. The van der Waals surface area contributed by atoms with Crippen LogP contribution in [-0.4, -0.2) is 30.6 Å². The first kappa shape index (κ1) is 18.2. The molecule has 3 rings (SSSR count). The quantitative estimate of drug-likeness (QED) is 0.752. The lowest BCUT2D eigenvalue weighted by Gasteiger charge is -2.23. The molecule has 3 nitrogen and oxygen atoms in total. The second-order valence-corrected chi connectivity index (χ2v) is 7.05. The zero-order chi connectivity index (χ0) is 17.5. The molecule has 1 aliphatic heterocycles. The molecule has 25 heavy (non-hydrogen) atoms. The fourth-order valence-corrected chi connectivity index (χ4v) is 3.54. The lowest BCUT2D eigenvalue weighted by Crippen LogP contribution is -2.37. The van der Waals surface area contributed by atoms with Crippen LogP contribution in [0.15, 0.2) is 48.5 Å². The van der Waals surface area contributed by atoms with Crippen LogP contribution in [0, 0.1) is 0 Å². The highest BCUT2D eigenvalue weighted by Crippen LogP contribution is 2.18. The summed E-state index contributed by atoms with van der Waals surface area (Å²) in [5.74, 6) is 0.908. The number of halogens is 1. The van der Waals surface area contributed by atoms with Crippen LogP contribution in [0.3, 0.4) is 0 Å². The Kier molecular flexibility index (Phi) is 6.74. The van der Waals surface area contributed by atoms with Crippen molar-refractivity contribution >= 4 is 11.6 Å². The van der Waals surface area contributed by atoms with Gasteiger partial charge < -0.3 is 10.1 Å². The van der Waals surface area contributed by atoms with Crippen molar-refractivity contribution in [3.8, 4) is 5.75 Å². The lowest BCUT2D eigenvalue weighted by molar-refractivity contribution is 0.260. The molecule has 1 aliphatic rings. The second-order valence-electron chi connectivity index (χ2n) is 6.62. The Morgan fingerprint density at radius 1 is 1.16 bits per heavy atom. The molecule has 2 aromatic rings. The van der Waals surface area contributed by atoms with E-state index in [1.54, 1.807) is 0 Å². The van der Waals surface area contributed by atoms with Crippen LogP contribution in [0.1, 0.15) is 30.9 Å². The lowest BCUT2D eigenvalue weighted by atomic mass is 10.2. The van der Waals surface area contributed by atoms with E-state index in [0.29, 0.717) is 12.6 Å². The van der Waals surface area contributed by atoms with Crippen molar-refractivity contribution in [2.75, 3.05) is 19.6 Å². The van der Waals surface area contributed by atoms with E-state index in [4.69, 9.17) is 16.3 Å². The summed E-state index contributed by atoms with van der Waals surface area (Å²) in [4.78, 5) is 2.57. The Hall–Kier alpha value is -1.55. The topological polar surface area (TPSA) is 24.5 Å². The highest BCUT2D eigenvalue weighted by Gasteiger charge is 2.21. The molecule has 0 aromatic heterocycles. The van der Waals surface area contributed by atoms with Crippen molar-refractivity contribution in [1.29, 1.82) is 0 Å². The largest absolute Gasteiger partial charge is 0.489 e. The predicted molar refractivity (Wildman–Crippen MR) is 104 cm³/mol. The Morgan fingerprint density at radius 2 is 2.00 bits per heavy atom. The first-order valence-electron chi connectivity index (χ1n) is 9.15. The van der Waals surface area contributed by atoms with Crippen molar-refractivity contribution in [2.45, 2.75) is 39.0 Å². The van der Waals surface area contributed by atoms with E-state index in [1.807, 2.05) is 30.3 Å². The average molecular weight is 359 g/mol. The van der Waals surface area contributed by atoms with Gasteiger partial charge in [0.05, 0.1) is 0 Å². The number of ether oxygens (including phenoxy) is 1. The number of rotatable bonds is 8. The number of hydrogen-bond acceptors (Lipinski definition) is 3. The van der Waals surface area contributed by atoms with Crippen LogP contribution < -0.4 is 10.1 Å². The van der Waals surface area contributed by atoms with E-state index >= 15 is 0 Å². The summed E-state index contributed by atoms with van der Waals surface area (Å²) in [6.45, 7) is 7.15. The molecule has 1 N–H and O–H groups in total. The van der Waals surface area contributed by atoms with Crippen LogP contribution >= 0.6 is 11.6 Å². The predicted octanol–water partition coefficient (Wildman–Crippen LogP) is 4.49. The zero-order valence-electron chi connectivity index (χ0n) is 14.9. The summed E-state index contributed by atoms with van der Waals surface area (Å²) in [6, 6.07) is 16.8. The van der Waals surface area contributed by atoms with E-state index in [2.05, 4.69) is 35.3 Å². The van der Waals surface area contributed by atoms with Gasteiger partial charge in [-0.15, -0.1) is 0 Å². The molecule has 1 saturated heterocycles. The van der Waals surface area contributed by atoms with E-state index < -0.39 is 0 Å². The molecule has 0 spiro atoms. The zero-order valence-corrected chi connectivity index (χ0v) is 15.6. The Morgan fingerprint density at radius 3 is 2.80 bits per heavy atom. The molecule has 2 aromatic carbocycles. The molecule has 1 heterocycles. The average Bonchev–Trinajstić information content (AvgIpc) is 3.09. The standard InChI is InChI=1S/C21H27ClN2O/c1-2-24-12-4-6-20(24)15-23-14-18-5-3-7-21(13-18)25-16-17-8-10-19(22)11-9-17/h3,5,7-11,13,20,23H,2,4,6,12,14-16H2,1H3/t20-/m0/s1. The van der Waals surface area contributed by atoms with Crippen LogP contribution in [-0.2, 0) is 13.2 Å². The van der Waals surface area contributed by atoms with Crippen LogP contribution in [0.25, 0.3) is 0 Å². The van der Waals surface area contributed by atoms with Crippen LogP contribution in [0.4, 0.5) is 0 Å². The summed E-state index contributed by atoms with van der Waals surface area (Å²) >= 11 is 5.91. The van der Waals surface area contributed by atoms with E-state index in [1.165, 1.54) is 24.9 Å². The molecular formula is C21H27ClN2O. The van der Waals surface area contributed by atoms with Gasteiger partial charge in [0.1, 0.15) is 12.4 Å². The SMILES string of the molecule is CCN1CCC[C@H]1CNCc1cccc(OCc2ccc(Cl)cc2)c1. The van der Waals surface area contributed by atoms with Gasteiger partial charge in [0, 0.05) is 24.2 Å². The fraction of sp³-hybridized carbons (Fsp3) is 0.429. The van der Waals surface area contributed by atoms with Gasteiger partial charge in [0.25, 0.3) is 0 Å². The van der Waals surface area contributed by atoms with Gasteiger partial charge in [-0.2, -0.15) is 0 Å². The van der Waals surface area contributed by atoms with Crippen molar-refractivity contribution in [3.63, 3.8) is 0 Å². The maximum Gasteiger partial charge on any atom is 0.120 e. The third-order valence-corrected chi connectivity index (χ3v) is 5.08. The third kappa shape index (κ3) is 5.46. The molecule has 134 valence electrons. The number of nitrogens with zero attached hydrogens (tertiary/aromatic N) is 1. The highest BCUT2D eigenvalue weighted by atomic mass is 35.5. The summed E-state index contributed by atoms with van der Waals surface area (Å²) in [5.41, 5.74) is 2.38. The monoisotopic (exact) mass is 358 g/mol. The number of benzene rings is 2. The number of likely N-dealkylation sites (N-methyl/N-ethyl adjacent to an activating group) is 1. The first-order valence-corrected chi connectivity index (χ1v) is 9.53. The van der Waals surface area contributed by atoms with Gasteiger partial charge >= 0.3 is 0 Å². The smallest absolute Gasteiger partial charge is 0.120 e. The van der Waals surface area contributed by atoms with Crippen LogP contribution in [0.2, 0.25) is 5.02 Å². The maximum atomic E-state index is 5.91. The van der Waals surface area contributed by atoms with E-state index in [-0.39, 0.29) is 0 Å². The highest BCUT2D eigenvalue weighted by molar-refractivity contribution is 6.30. The fourth-order valence-electron chi connectivity index (χ4n) is 3.42. The molecule has 0 unspecified atom stereocenters. The van der Waals surface area contributed by atoms with Gasteiger partial charge in [-0.05, 0) is 61.3 Å².